The summed E-state index contributed by atoms with van der Waals surface area (Å²) in [5.74, 6) is 0.0398. The van der Waals surface area contributed by atoms with Crippen LogP contribution in [0.1, 0.15) is 22.3 Å². The number of carbonyl (C=O) groups is 1. The van der Waals surface area contributed by atoms with Crippen molar-refractivity contribution in [2.24, 2.45) is 0 Å². The fraction of sp³-hybridized carbons (Fsp3) is 0.278. The number of carbonyl (C=O) groups excluding carboxylic acids is 1. The average molecular weight is 372 g/mol. The number of anilines is 1. The Kier molecular flexibility index (Phi) is 5.62. The second-order valence-electron chi connectivity index (χ2n) is 5.68. The van der Waals surface area contributed by atoms with Gasteiger partial charge in [0, 0.05) is 5.69 Å². The van der Waals surface area contributed by atoms with E-state index in [0.717, 1.165) is 28.8 Å². The van der Waals surface area contributed by atoms with Crippen LogP contribution in [0.25, 0.3) is 0 Å². The number of hydrogen-bond donors (Lipinski definition) is 1. The van der Waals surface area contributed by atoms with Gasteiger partial charge in [-0.3, -0.25) is 4.79 Å². The molecule has 0 saturated heterocycles. The van der Waals surface area contributed by atoms with Crippen molar-refractivity contribution in [1.82, 2.24) is 0 Å². The molecule has 7 heteroatoms. The van der Waals surface area contributed by atoms with Crippen molar-refractivity contribution in [3.05, 3.63) is 57.6 Å². The third-order valence-electron chi connectivity index (χ3n) is 3.78. The van der Waals surface area contributed by atoms with Crippen molar-refractivity contribution in [3.63, 3.8) is 0 Å². The second-order valence-corrected chi connectivity index (χ2v) is 6.09. The molecule has 134 valence electrons. The number of amides is 1. The van der Waals surface area contributed by atoms with E-state index in [-0.39, 0.29) is 12.3 Å². The molecule has 3 nitrogen and oxygen atoms in total. The van der Waals surface area contributed by atoms with E-state index in [9.17, 15) is 18.0 Å². The quantitative estimate of drug-likeness (QED) is 0.791. The zero-order chi connectivity index (χ0) is 18.8. The van der Waals surface area contributed by atoms with Crippen LogP contribution >= 0.6 is 11.6 Å². The fourth-order valence-corrected chi connectivity index (χ4v) is 2.53. The molecule has 0 bridgehead atoms. The second kappa shape index (κ2) is 7.35. The summed E-state index contributed by atoms with van der Waals surface area (Å²) in [4.78, 5) is 12.0. The van der Waals surface area contributed by atoms with Gasteiger partial charge in [0.25, 0.3) is 5.91 Å². The molecule has 1 amide bonds. The highest BCUT2D eigenvalue weighted by Crippen LogP contribution is 2.36. The Labute approximate surface area is 148 Å². The molecular formula is C18H17ClF3NO2. The monoisotopic (exact) mass is 371 g/mol. The molecule has 0 spiro atoms. The van der Waals surface area contributed by atoms with E-state index in [1.54, 1.807) is 0 Å². The lowest BCUT2D eigenvalue weighted by molar-refractivity contribution is -0.137. The van der Waals surface area contributed by atoms with Crippen molar-refractivity contribution in [1.29, 1.82) is 0 Å². The van der Waals surface area contributed by atoms with E-state index in [2.05, 4.69) is 5.32 Å². The average Bonchev–Trinajstić information content (AvgIpc) is 2.52. The topological polar surface area (TPSA) is 38.3 Å². The number of rotatable bonds is 4. The summed E-state index contributed by atoms with van der Waals surface area (Å²) in [6.45, 7) is 5.35. The van der Waals surface area contributed by atoms with Crippen molar-refractivity contribution in [3.8, 4) is 5.75 Å². The lowest BCUT2D eigenvalue weighted by Gasteiger charge is -2.14. The van der Waals surface area contributed by atoms with Gasteiger partial charge < -0.3 is 10.1 Å². The van der Waals surface area contributed by atoms with Gasteiger partial charge >= 0.3 is 6.18 Å². The first-order valence-electron chi connectivity index (χ1n) is 7.46. The van der Waals surface area contributed by atoms with Crippen LogP contribution in [-0.2, 0) is 11.0 Å². The zero-order valence-corrected chi connectivity index (χ0v) is 14.7. The largest absolute Gasteiger partial charge is 0.483 e. The standard InChI is InChI=1S/C18H17ClF3NO2/c1-10-4-5-11(2)17(12(10)3)25-9-16(24)23-13-6-7-15(19)14(8-13)18(20,21)22/h4-8H,9H2,1-3H3,(H,23,24). The highest BCUT2D eigenvalue weighted by atomic mass is 35.5. The molecule has 0 atom stereocenters. The van der Waals surface area contributed by atoms with Crippen LogP contribution < -0.4 is 10.1 Å². The Morgan fingerprint density at radius 2 is 1.76 bits per heavy atom. The van der Waals surface area contributed by atoms with Crippen LogP contribution in [0, 0.1) is 20.8 Å². The minimum atomic E-state index is -4.59. The summed E-state index contributed by atoms with van der Waals surface area (Å²) >= 11 is 5.55. The van der Waals surface area contributed by atoms with Crippen LogP contribution in [0.15, 0.2) is 30.3 Å². The number of hydrogen-bond acceptors (Lipinski definition) is 2. The Morgan fingerprint density at radius 3 is 2.40 bits per heavy atom. The van der Waals surface area contributed by atoms with Crippen molar-refractivity contribution in [2.45, 2.75) is 26.9 Å². The number of ether oxygens (including phenoxy) is 1. The van der Waals surface area contributed by atoms with Gasteiger partial charge in [0.1, 0.15) is 5.75 Å². The first-order valence-corrected chi connectivity index (χ1v) is 7.83. The van der Waals surface area contributed by atoms with Gasteiger partial charge in [-0.05, 0) is 55.7 Å². The van der Waals surface area contributed by atoms with Crippen LogP contribution in [0.3, 0.4) is 0 Å². The fourth-order valence-electron chi connectivity index (χ4n) is 2.30. The Bertz CT molecular complexity index is 804. The highest BCUT2D eigenvalue weighted by Gasteiger charge is 2.33. The molecule has 0 aliphatic rings. The predicted molar refractivity (Wildman–Crippen MR) is 91.2 cm³/mol. The lowest BCUT2D eigenvalue weighted by atomic mass is 10.1. The molecule has 0 radical (unpaired) electrons. The number of halogens is 4. The summed E-state index contributed by atoms with van der Waals surface area (Å²) in [5, 5.41) is 1.96. The molecule has 2 rings (SSSR count). The van der Waals surface area contributed by atoms with Crippen LogP contribution in [0.5, 0.6) is 5.75 Å². The molecule has 1 N–H and O–H groups in total. The van der Waals surface area contributed by atoms with E-state index in [1.807, 2.05) is 32.9 Å². The van der Waals surface area contributed by atoms with Crippen LogP contribution in [-0.4, -0.2) is 12.5 Å². The third-order valence-corrected chi connectivity index (χ3v) is 4.11. The molecule has 2 aromatic carbocycles. The molecule has 0 aliphatic heterocycles. The number of aryl methyl sites for hydroxylation is 2. The van der Waals surface area contributed by atoms with Gasteiger partial charge in [0.05, 0.1) is 10.6 Å². The minimum Gasteiger partial charge on any atom is -0.483 e. The molecule has 0 aromatic heterocycles. The summed E-state index contributed by atoms with van der Waals surface area (Å²) in [5.41, 5.74) is 1.81. The molecule has 25 heavy (non-hydrogen) atoms. The minimum absolute atomic E-state index is 0.00279. The van der Waals surface area contributed by atoms with Crippen molar-refractivity contribution < 1.29 is 22.7 Å². The third kappa shape index (κ3) is 4.66. The van der Waals surface area contributed by atoms with Gasteiger partial charge in [0.15, 0.2) is 6.61 Å². The van der Waals surface area contributed by atoms with Crippen molar-refractivity contribution >= 4 is 23.2 Å². The molecule has 2 aromatic rings. The summed E-state index contributed by atoms with van der Waals surface area (Å²) in [6, 6.07) is 7.02. The van der Waals surface area contributed by atoms with Crippen LogP contribution in [0.4, 0.5) is 18.9 Å². The Hall–Kier alpha value is -2.21. The van der Waals surface area contributed by atoms with Gasteiger partial charge in [-0.25, -0.2) is 0 Å². The Morgan fingerprint density at radius 1 is 1.12 bits per heavy atom. The van der Waals surface area contributed by atoms with E-state index in [4.69, 9.17) is 16.3 Å². The van der Waals surface area contributed by atoms with Crippen LogP contribution in [0.2, 0.25) is 5.02 Å². The van der Waals surface area contributed by atoms with E-state index >= 15 is 0 Å². The van der Waals surface area contributed by atoms with Gasteiger partial charge in [-0.2, -0.15) is 13.2 Å². The molecule has 0 fully saturated rings. The SMILES string of the molecule is Cc1ccc(C)c(OCC(=O)Nc2ccc(Cl)c(C(F)(F)F)c2)c1C. The van der Waals surface area contributed by atoms with Crippen molar-refractivity contribution in [2.75, 3.05) is 11.9 Å². The smallest absolute Gasteiger partial charge is 0.417 e. The maximum absolute atomic E-state index is 12.8. The maximum atomic E-state index is 12.8. The molecule has 0 saturated carbocycles. The summed E-state index contributed by atoms with van der Waals surface area (Å²) < 4.78 is 44.1. The van der Waals surface area contributed by atoms with E-state index in [1.165, 1.54) is 6.07 Å². The molecule has 0 heterocycles. The number of nitrogens with one attached hydrogen (secondary N) is 1. The van der Waals surface area contributed by atoms with Gasteiger partial charge in [-0.15, -0.1) is 0 Å². The first kappa shape index (κ1) is 19.1. The first-order chi connectivity index (χ1) is 11.6. The van der Waals surface area contributed by atoms with E-state index < -0.39 is 22.7 Å². The Balaban J connectivity index is 2.08. The number of benzene rings is 2. The van der Waals surface area contributed by atoms with E-state index in [0.29, 0.717) is 5.75 Å². The summed E-state index contributed by atoms with van der Waals surface area (Å²) in [7, 11) is 0. The molecular weight excluding hydrogens is 355 g/mol. The maximum Gasteiger partial charge on any atom is 0.417 e. The normalized spacial score (nSPS) is 11.3. The number of alkyl halides is 3. The highest BCUT2D eigenvalue weighted by molar-refractivity contribution is 6.31. The lowest BCUT2D eigenvalue weighted by Crippen LogP contribution is -2.21. The van der Waals surface area contributed by atoms with Gasteiger partial charge in [0.2, 0.25) is 0 Å². The van der Waals surface area contributed by atoms with Gasteiger partial charge in [-0.1, -0.05) is 23.7 Å². The molecule has 0 unspecified atom stereocenters. The molecule has 0 aliphatic carbocycles. The predicted octanol–water partition coefficient (Wildman–Crippen LogP) is 5.30. The zero-order valence-electron chi connectivity index (χ0n) is 13.9. The summed E-state index contributed by atoms with van der Waals surface area (Å²) in [6.07, 6.45) is -4.59.